The molecular weight excluding hydrogens is 336 g/mol. The molecular formula is C23H36N2O2. The van der Waals surface area contributed by atoms with Gasteiger partial charge in [-0.05, 0) is 61.7 Å². The second-order valence-electron chi connectivity index (χ2n) is 10.4. The van der Waals surface area contributed by atoms with Crippen LogP contribution in [-0.4, -0.2) is 24.6 Å². The molecule has 0 heterocycles. The zero-order valence-corrected chi connectivity index (χ0v) is 17.5. The average molecular weight is 373 g/mol. The Balaban J connectivity index is 1.66. The Morgan fingerprint density at radius 3 is 2.59 bits per heavy atom. The summed E-state index contributed by atoms with van der Waals surface area (Å²) in [4.78, 5) is 18.0. The van der Waals surface area contributed by atoms with Crippen LogP contribution >= 0.6 is 0 Å². The molecule has 0 unspecified atom stereocenters. The molecule has 0 bridgehead atoms. The van der Waals surface area contributed by atoms with Crippen molar-refractivity contribution in [2.75, 3.05) is 13.2 Å². The molecule has 150 valence electrons. The van der Waals surface area contributed by atoms with Gasteiger partial charge in [0, 0.05) is 23.8 Å². The Morgan fingerprint density at radius 1 is 1.11 bits per heavy atom. The Kier molecular flexibility index (Phi) is 4.57. The van der Waals surface area contributed by atoms with Gasteiger partial charge in [0.05, 0.1) is 5.71 Å². The fraction of sp³-hybridized carbons (Fsp3) is 0.826. The number of carbonyl (C=O) groups is 1. The third-order valence-corrected chi connectivity index (χ3v) is 8.83. The molecule has 4 nitrogen and oxygen atoms in total. The number of hydrogen-bond acceptors (Lipinski definition) is 4. The normalized spacial score (nSPS) is 44.3. The lowest BCUT2D eigenvalue weighted by Crippen LogP contribution is -2.53. The largest absolute Gasteiger partial charge is 0.394 e. The number of carbonyl (C=O) groups excluding carboxylic acids is 1. The summed E-state index contributed by atoms with van der Waals surface area (Å²) in [6.07, 6.45) is 9.99. The van der Waals surface area contributed by atoms with Crippen LogP contribution in [-0.2, 0) is 9.63 Å². The van der Waals surface area contributed by atoms with Crippen molar-refractivity contribution in [3.8, 4) is 0 Å². The fourth-order valence-corrected chi connectivity index (χ4v) is 7.34. The molecule has 0 aromatic rings. The van der Waals surface area contributed by atoms with Crippen LogP contribution in [0.4, 0.5) is 0 Å². The molecule has 27 heavy (non-hydrogen) atoms. The van der Waals surface area contributed by atoms with Crippen molar-refractivity contribution in [2.45, 2.75) is 72.6 Å². The van der Waals surface area contributed by atoms with E-state index in [9.17, 15) is 4.79 Å². The van der Waals surface area contributed by atoms with Gasteiger partial charge in [0.1, 0.15) is 12.4 Å². The SMILES string of the molecule is CC1(C)C2=CC[C@@H]3[C@@H](CC[C@]4(C)C(=O)CC[C@@H]34)[C@@]2(C)CCC1=NOCCN. The van der Waals surface area contributed by atoms with E-state index in [1.54, 1.807) is 5.57 Å². The highest BCUT2D eigenvalue weighted by Crippen LogP contribution is 2.65. The number of oxime groups is 1. The summed E-state index contributed by atoms with van der Waals surface area (Å²) in [6, 6.07) is 0. The number of ketones is 1. The molecule has 2 N–H and O–H groups in total. The summed E-state index contributed by atoms with van der Waals surface area (Å²) in [5.41, 5.74) is 8.39. The van der Waals surface area contributed by atoms with E-state index in [2.05, 4.69) is 38.9 Å². The van der Waals surface area contributed by atoms with Gasteiger partial charge in [0.2, 0.25) is 0 Å². The van der Waals surface area contributed by atoms with E-state index in [0.717, 1.165) is 44.2 Å². The standard InChI is InChI=1S/C23H36N2O2/c1-21(2)18-7-5-15-16-6-8-20(26)23(16,4)11-9-17(15)22(18,3)12-10-19(21)25-27-14-13-24/h7,15-17H,5-6,8-14,24H2,1-4H3/t15-,16-,17+,22+,23-/m0/s1. The molecule has 0 saturated heterocycles. The molecule has 4 aliphatic carbocycles. The van der Waals surface area contributed by atoms with Gasteiger partial charge >= 0.3 is 0 Å². The summed E-state index contributed by atoms with van der Waals surface area (Å²) in [5.74, 6) is 2.49. The fourth-order valence-electron chi connectivity index (χ4n) is 7.34. The van der Waals surface area contributed by atoms with E-state index in [1.165, 1.54) is 6.42 Å². The van der Waals surface area contributed by atoms with Gasteiger partial charge in [0.15, 0.2) is 0 Å². The second-order valence-corrected chi connectivity index (χ2v) is 10.4. The van der Waals surface area contributed by atoms with E-state index >= 15 is 0 Å². The Hall–Kier alpha value is -1.16. The van der Waals surface area contributed by atoms with Crippen LogP contribution in [0.1, 0.15) is 72.6 Å². The van der Waals surface area contributed by atoms with Crippen LogP contribution < -0.4 is 5.73 Å². The summed E-state index contributed by atoms with van der Waals surface area (Å²) >= 11 is 0. The highest BCUT2D eigenvalue weighted by atomic mass is 16.6. The number of hydrogen-bond donors (Lipinski definition) is 1. The van der Waals surface area contributed by atoms with Crippen molar-refractivity contribution in [3.63, 3.8) is 0 Å². The maximum atomic E-state index is 12.6. The lowest BCUT2D eigenvalue weighted by Gasteiger charge is -2.59. The predicted octanol–water partition coefficient (Wildman–Crippen LogP) is 4.49. The predicted molar refractivity (Wildman–Crippen MR) is 108 cm³/mol. The number of fused-ring (bicyclic) bond motifs is 5. The van der Waals surface area contributed by atoms with Crippen molar-refractivity contribution < 1.29 is 9.63 Å². The summed E-state index contributed by atoms with van der Waals surface area (Å²) < 4.78 is 0. The van der Waals surface area contributed by atoms with Crippen LogP contribution in [0.5, 0.6) is 0 Å². The van der Waals surface area contributed by atoms with Gasteiger partial charge in [-0.2, -0.15) is 0 Å². The Bertz CT molecular complexity index is 694. The first-order valence-corrected chi connectivity index (χ1v) is 10.9. The van der Waals surface area contributed by atoms with Gasteiger partial charge < -0.3 is 10.6 Å². The highest BCUT2D eigenvalue weighted by Gasteiger charge is 2.60. The third kappa shape index (κ3) is 2.66. The van der Waals surface area contributed by atoms with E-state index in [-0.39, 0.29) is 16.2 Å². The van der Waals surface area contributed by atoms with Gasteiger partial charge in [-0.15, -0.1) is 0 Å². The summed E-state index contributed by atoms with van der Waals surface area (Å²) in [6.45, 7) is 10.4. The van der Waals surface area contributed by atoms with E-state index < -0.39 is 0 Å². The quantitative estimate of drug-likeness (QED) is 0.451. The number of nitrogens with two attached hydrogens (primary N) is 1. The van der Waals surface area contributed by atoms with Crippen LogP contribution in [0.2, 0.25) is 0 Å². The Labute approximate surface area is 164 Å². The minimum Gasteiger partial charge on any atom is -0.394 e. The topological polar surface area (TPSA) is 64.7 Å². The first-order chi connectivity index (χ1) is 12.7. The van der Waals surface area contributed by atoms with E-state index in [1.807, 2.05) is 0 Å². The zero-order chi connectivity index (χ0) is 19.4. The van der Waals surface area contributed by atoms with Crippen molar-refractivity contribution >= 4 is 11.5 Å². The number of rotatable bonds is 3. The first-order valence-electron chi connectivity index (χ1n) is 10.9. The highest BCUT2D eigenvalue weighted by molar-refractivity contribution is 5.93. The zero-order valence-electron chi connectivity index (χ0n) is 17.5. The first kappa shape index (κ1) is 19.2. The van der Waals surface area contributed by atoms with Crippen LogP contribution in [0, 0.1) is 34.0 Å². The van der Waals surface area contributed by atoms with Gasteiger partial charge in [0.25, 0.3) is 0 Å². The van der Waals surface area contributed by atoms with E-state index in [4.69, 9.17) is 10.6 Å². The van der Waals surface area contributed by atoms with Crippen molar-refractivity contribution in [2.24, 2.45) is 44.9 Å². The van der Waals surface area contributed by atoms with Crippen molar-refractivity contribution in [1.29, 1.82) is 0 Å². The molecule has 3 saturated carbocycles. The molecule has 5 atom stereocenters. The molecule has 0 radical (unpaired) electrons. The molecule has 0 aromatic heterocycles. The number of allylic oxidation sites excluding steroid dienone is 2. The molecule has 3 fully saturated rings. The van der Waals surface area contributed by atoms with Crippen molar-refractivity contribution in [1.82, 2.24) is 0 Å². The molecule has 4 aliphatic rings. The number of nitrogens with zero attached hydrogens (tertiary/aromatic N) is 1. The lowest BCUT2D eigenvalue weighted by molar-refractivity contribution is -0.131. The van der Waals surface area contributed by atoms with E-state index in [0.29, 0.717) is 36.7 Å². The molecule has 0 aliphatic heterocycles. The minimum atomic E-state index is -0.0567. The number of Topliss-reactive ketones (excluding diaryl/α,β-unsaturated/α-hetero) is 1. The molecule has 4 rings (SSSR count). The van der Waals surface area contributed by atoms with Crippen LogP contribution in [0.25, 0.3) is 0 Å². The third-order valence-electron chi connectivity index (χ3n) is 8.83. The molecule has 4 heteroatoms. The smallest absolute Gasteiger partial charge is 0.139 e. The van der Waals surface area contributed by atoms with Crippen LogP contribution in [0.15, 0.2) is 16.8 Å². The minimum absolute atomic E-state index is 0.0459. The average Bonchev–Trinajstić information content (AvgIpc) is 2.92. The summed E-state index contributed by atoms with van der Waals surface area (Å²) in [5, 5.41) is 4.48. The van der Waals surface area contributed by atoms with Gasteiger partial charge in [-0.1, -0.05) is 44.5 Å². The maximum absolute atomic E-state index is 12.6. The van der Waals surface area contributed by atoms with Crippen molar-refractivity contribution in [3.05, 3.63) is 11.6 Å². The maximum Gasteiger partial charge on any atom is 0.139 e. The van der Waals surface area contributed by atoms with Gasteiger partial charge in [-0.3, -0.25) is 4.79 Å². The molecule has 0 amide bonds. The van der Waals surface area contributed by atoms with Gasteiger partial charge in [-0.25, -0.2) is 0 Å². The second kappa shape index (κ2) is 6.43. The van der Waals surface area contributed by atoms with Crippen LogP contribution in [0.3, 0.4) is 0 Å². The summed E-state index contributed by atoms with van der Waals surface area (Å²) in [7, 11) is 0. The Morgan fingerprint density at radius 2 is 1.85 bits per heavy atom. The molecule has 0 spiro atoms. The lowest BCUT2D eigenvalue weighted by atomic mass is 9.45. The monoisotopic (exact) mass is 372 g/mol. The molecule has 0 aromatic carbocycles.